The summed E-state index contributed by atoms with van der Waals surface area (Å²) < 4.78 is 18.8. The van der Waals surface area contributed by atoms with Crippen molar-refractivity contribution in [3.63, 3.8) is 0 Å². The number of H-pyrrole nitrogens is 1. The van der Waals surface area contributed by atoms with Crippen LogP contribution in [0.15, 0.2) is 35.6 Å². The zero-order chi connectivity index (χ0) is 17.0. The first-order valence-electron chi connectivity index (χ1n) is 7.30. The standard InChI is InChI=1S/C17H20FN3O2/c1-10-9-19-11(2)16(10)12(3)20-21-17(22)13(4)23-15-8-6-5-7-14(15)18/h5-9,13,19H,1-4H3,(H,21,22)/b20-12+/t13-/m0/s1. The number of amides is 1. The van der Waals surface area contributed by atoms with Gasteiger partial charge in [-0.1, -0.05) is 12.1 Å². The summed E-state index contributed by atoms with van der Waals surface area (Å²) in [5, 5.41) is 4.10. The van der Waals surface area contributed by atoms with E-state index in [2.05, 4.69) is 15.5 Å². The molecule has 1 atom stereocenters. The fraction of sp³-hybridized carbons (Fsp3) is 0.294. The first-order valence-corrected chi connectivity index (χ1v) is 7.30. The molecule has 0 unspecified atom stereocenters. The highest BCUT2D eigenvalue weighted by atomic mass is 19.1. The number of halogens is 1. The Labute approximate surface area is 134 Å². The van der Waals surface area contributed by atoms with E-state index in [0.717, 1.165) is 16.8 Å². The predicted molar refractivity (Wildman–Crippen MR) is 87.1 cm³/mol. The lowest BCUT2D eigenvalue weighted by atomic mass is 10.1. The van der Waals surface area contributed by atoms with Crippen molar-refractivity contribution in [3.05, 3.63) is 53.1 Å². The van der Waals surface area contributed by atoms with Gasteiger partial charge in [0.2, 0.25) is 0 Å². The number of nitrogens with one attached hydrogen (secondary N) is 2. The minimum Gasteiger partial charge on any atom is -0.478 e. The number of hydrogen-bond acceptors (Lipinski definition) is 3. The molecule has 2 rings (SSSR count). The summed E-state index contributed by atoms with van der Waals surface area (Å²) in [6, 6.07) is 5.95. The van der Waals surface area contributed by atoms with Gasteiger partial charge in [0.05, 0.1) is 5.71 Å². The first-order chi connectivity index (χ1) is 10.9. The molecule has 5 nitrogen and oxygen atoms in total. The quantitative estimate of drug-likeness (QED) is 0.657. The van der Waals surface area contributed by atoms with Crippen LogP contribution in [-0.2, 0) is 4.79 Å². The minimum absolute atomic E-state index is 0.0353. The Hall–Kier alpha value is -2.63. The van der Waals surface area contributed by atoms with Crippen LogP contribution in [-0.4, -0.2) is 22.7 Å². The lowest BCUT2D eigenvalue weighted by molar-refractivity contribution is -0.127. The van der Waals surface area contributed by atoms with E-state index in [1.54, 1.807) is 19.1 Å². The van der Waals surface area contributed by atoms with Crippen molar-refractivity contribution in [2.24, 2.45) is 5.10 Å². The van der Waals surface area contributed by atoms with Crippen molar-refractivity contribution in [1.29, 1.82) is 0 Å². The number of aryl methyl sites for hydroxylation is 2. The second kappa shape index (κ2) is 7.09. The van der Waals surface area contributed by atoms with Gasteiger partial charge in [0.15, 0.2) is 17.7 Å². The fourth-order valence-electron chi connectivity index (χ4n) is 2.28. The van der Waals surface area contributed by atoms with Crippen molar-refractivity contribution in [2.45, 2.75) is 33.8 Å². The number of carbonyl (C=O) groups excluding carboxylic acids is 1. The van der Waals surface area contributed by atoms with Crippen molar-refractivity contribution in [2.75, 3.05) is 0 Å². The van der Waals surface area contributed by atoms with Gasteiger partial charge >= 0.3 is 0 Å². The second-order valence-corrected chi connectivity index (χ2v) is 5.34. The molecule has 0 radical (unpaired) electrons. The van der Waals surface area contributed by atoms with E-state index in [-0.39, 0.29) is 5.75 Å². The average molecular weight is 317 g/mol. The van der Waals surface area contributed by atoms with Gasteiger partial charge in [-0.05, 0) is 45.4 Å². The summed E-state index contributed by atoms with van der Waals surface area (Å²) >= 11 is 0. The van der Waals surface area contributed by atoms with Gasteiger partial charge in [-0.25, -0.2) is 9.82 Å². The van der Waals surface area contributed by atoms with Crippen LogP contribution in [0.3, 0.4) is 0 Å². The van der Waals surface area contributed by atoms with Crippen LogP contribution in [0.4, 0.5) is 4.39 Å². The number of ether oxygens (including phenoxy) is 1. The van der Waals surface area contributed by atoms with Crippen LogP contribution in [0.25, 0.3) is 0 Å². The van der Waals surface area contributed by atoms with Crippen molar-refractivity contribution in [3.8, 4) is 5.75 Å². The number of carbonyl (C=O) groups is 1. The zero-order valence-electron chi connectivity index (χ0n) is 13.6. The van der Waals surface area contributed by atoms with Crippen LogP contribution < -0.4 is 10.2 Å². The van der Waals surface area contributed by atoms with Gasteiger partial charge in [0.1, 0.15) is 0 Å². The number of rotatable bonds is 5. The van der Waals surface area contributed by atoms with E-state index in [1.165, 1.54) is 12.1 Å². The van der Waals surface area contributed by atoms with Gasteiger partial charge in [-0.15, -0.1) is 0 Å². The number of para-hydroxylation sites is 1. The van der Waals surface area contributed by atoms with Gasteiger partial charge in [0.25, 0.3) is 5.91 Å². The van der Waals surface area contributed by atoms with E-state index in [4.69, 9.17) is 4.74 Å². The van der Waals surface area contributed by atoms with Crippen LogP contribution in [0, 0.1) is 19.7 Å². The lowest BCUT2D eigenvalue weighted by Crippen LogP contribution is -2.34. The molecule has 0 bridgehead atoms. The monoisotopic (exact) mass is 317 g/mol. The third kappa shape index (κ3) is 3.97. The topological polar surface area (TPSA) is 66.5 Å². The summed E-state index contributed by atoms with van der Waals surface area (Å²) in [5.74, 6) is -0.919. The molecule has 0 spiro atoms. The van der Waals surface area contributed by atoms with Gasteiger partial charge in [-0.3, -0.25) is 4.79 Å². The maximum Gasteiger partial charge on any atom is 0.280 e. The molecule has 0 saturated carbocycles. The van der Waals surface area contributed by atoms with Crippen LogP contribution in [0.2, 0.25) is 0 Å². The fourth-order valence-corrected chi connectivity index (χ4v) is 2.28. The molecule has 1 amide bonds. The summed E-state index contributed by atoms with van der Waals surface area (Å²) in [4.78, 5) is 15.1. The number of aromatic amines is 1. The number of nitrogens with zero attached hydrogens (tertiary/aromatic N) is 1. The third-order valence-corrected chi connectivity index (χ3v) is 3.48. The Morgan fingerprint density at radius 2 is 2.04 bits per heavy atom. The van der Waals surface area contributed by atoms with E-state index >= 15 is 0 Å². The number of hydrazone groups is 1. The Morgan fingerprint density at radius 1 is 1.35 bits per heavy atom. The minimum atomic E-state index is -0.864. The van der Waals surface area contributed by atoms with Crippen molar-refractivity contribution >= 4 is 11.6 Å². The number of benzene rings is 1. The predicted octanol–water partition coefficient (Wildman–Crippen LogP) is 3.08. The second-order valence-electron chi connectivity index (χ2n) is 5.34. The molecule has 0 saturated heterocycles. The molecule has 0 aliphatic carbocycles. The maximum atomic E-state index is 13.5. The Bertz CT molecular complexity index is 718. The molecular formula is C17H20FN3O2. The molecule has 2 aromatic rings. The van der Waals surface area contributed by atoms with E-state index in [9.17, 15) is 9.18 Å². The van der Waals surface area contributed by atoms with Crippen molar-refractivity contribution < 1.29 is 13.9 Å². The van der Waals surface area contributed by atoms with Crippen LogP contribution in [0.1, 0.15) is 30.7 Å². The Balaban J connectivity index is 2.01. The molecule has 6 heteroatoms. The first kappa shape index (κ1) is 16.7. The van der Waals surface area contributed by atoms with E-state index < -0.39 is 17.8 Å². The molecule has 23 heavy (non-hydrogen) atoms. The summed E-state index contributed by atoms with van der Waals surface area (Å²) in [6.45, 7) is 7.25. The Kier molecular flexibility index (Phi) is 5.16. The molecular weight excluding hydrogens is 297 g/mol. The molecule has 1 aromatic carbocycles. The highest BCUT2D eigenvalue weighted by Gasteiger charge is 2.16. The van der Waals surface area contributed by atoms with Gasteiger partial charge in [-0.2, -0.15) is 5.10 Å². The molecule has 1 aromatic heterocycles. The van der Waals surface area contributed by atoms with Crippen LogP contribution >= 0.6 is 0 Å². The molecule has 0 aliphatic heterocycles. The number of hydrogen-bond donors (Lipinski definition) is 2. The SMILES string of the molecule is C/C(=N\NC(=O)[C@H](C)Oc1ccccc1F)c1c(C)c[nH]c1C. The largest absolute Gasteiger partial charge is 0.478 e. The van der Waals surface area contributed by atoms with Gasteiger partial charge < -0.3 is 9.72 Å². The summed E-state index contributed by atoms with van der Waals surface area (Å²) in [6.07, 6.45) is 1.02. The van der Waals surface area contributed by atoms with Gasteiger partial charge in [0, 0.05) is 17.5 Å². The maximum absolute atomic E-state index is 13.5. The smallest absolute Gasteiger partial charge is 0.280 e. The highest BCUT2D eigenvalue weighted by molar-refractivity contribution is 6.01. The van der Waals surface area contributed by atoms with Crippen LogP contribution in [0.5, 0.6) is 5.75 Å². The summed E-state index contributed by atoms with van der Waals surface area (Å²) in [5.41, 5.74) is 6.14. The molecule has 1 heterocycles. The molecule has 2 N–H and O–H groups in total. The molecule has 122 valence electrons. The highest BCUT2D eigenvalue weighted by Crippen LogP contribution is 2.17. The normalized spacial score (nSPS) is 12.8. The summed E-state index contributed by atoms with van der Waals surface area (Å²) in [7, 11) is 0. The van der Waals surface area contributed by atoms with Crippen molar-refractivity contribution in [1.82, 2.24) is 10.4 Å². The van der Waals surface area contributed by atoms with E-state index in [0.29, 0.717) is 5.71 Å². The molecule has 0 fully saturated rings. The number of aromatic nitrogens is 1. The molecule has 0 aliphatic rings. The lowest BCUT2D eigenvalue weighted by Gasteiger charge is -2.13. The van der Waals surface area contributed by atoms with E-state index in [1.807, 2.05) is 27.0 Å². The third-order valence-electron chi connectivity index (χ3n) is 3.48. The Morgan fingerprint density at radius 3 is 2.65 bits per heavy atom. The average Bonchev–Trinajstić information content (AvgIpc) is 2.85. The zero-order valence-corrected chi connectivity index (χ0v) is 13.6.